The minimum absolute atomic E-state index is 0.113. The van der Waals surface area contributed by atoms with Crippen molar-refractivity contribution in [3.05, 3.63) is 47.3 Å². The minimum atomic E-state index is -0.438. The molecule has 132 valence electrons. The van der Waals surface area contributed by atoms with Gasteiger partial charge in [-0.1, -0.05) is 12.1 Å². The van der Waals surface area contributed by atoms with Crippen molar-refractivity contribution in [2.45, 2.75) is 20.3 Å². The maximum absolute atomic E-state index is 12.2. The fraction of sp³-hybridized carbons (Fsp3) is 0.278. The van der Waals surface area contributed by atoms with Crippen molar-refractivity contribution in [2.75, 3.05) is 11.9 Å². The van der Waals surface area contributed by atoms with Crippen LogP contribution in [0, 0.1) is 13.8 Å². The van der Waals surface area contributed by atoms with E-state index >= 15 is 0 Å². The highest BCUT2D eigenvalue weighted by Gasteiger charge is 2.08. The number of nitrogens with one attached hydrogen (secondary N) is 1. The number of carbonyl (C=O) groups is 2. The molecular formula is C18H22N4O3. The predicted octanol–water partition coefficient (Wildman–Crippen LogP) is 1.94. The Morgan fingerprint density at radius 3 is 2.68 bits per heavy atom. The van der Waals surface area contributed by atoms with E-state index in [2.05, 4.69) is 10.4 Å². The van der Waals surface area contributed by atoms with Crippen molar-refractivity contribution in [1.29, 1.82) is 0 Å². The summed E-state index contributed by atoms with van der Waals surface area (Å²) in [6.07, 6.45) is 3.31. The molecule has 0 bridgehead atoms. The van der Waals surface area contributed by atoms with Gasteiger partial charge in [-0.25, -0.2) is 0 Å². The normalized spacial score (nSPS) is 10.8. The second-order valence-corrected chi connectivity index (χ2v) is 5.59. The van der Waals surface area contributed by atoms with Crippen LogP contribution < -0.4 is 15.8 Å². The SMILES string of the molecule is Cc1nn(C)c(C)c1/C=C/C(=O)Nc1ccccc1OCCC(N)=O. The lowest BCUT2D eigenvalue weighted by molar-refractivity contribution is -0.118. The number of carbonyl (C=O) groups excluding carboxylic acids is 2. The predicted molar refractivity (Wildman–Crippen MR) is 96.1 cm³/mol. The number of para-hydroxylation sites is 2. The molecule has 0 aliphatic rings. The van der Waals surface area contributed by atoms with Gasteiger partial charge in [-0.05, 0) is 32.1 Å². The molecule has 0 saturated heterocycles. The van der Waals surface area contributed by atoms with E-state index in [0.717, 1.165) is 17.0 Å². The van der Waals surface area contributed by atoms with Gasteiger partial charge >= 0.3 is 0 Å². The van der Waals surface area contributed by atoms with Crippen LogP contribution >= 0.6 is 0 Å². The Bertz CT molecular complexity index is 809. The average molecular weight is 342 g/mol. The van der Waals surface area contributed by atoms with Gasteiger partial charge in [-0.2, -0.15) is 5.10 Å². The van der Waals surface area contributed by atoms with Gasteiger partial charge in [0.15, 0.2) is 0 Å². The number of hydrogen-bond donors (Lipinski definition) is 2. The van der Waals surface area contributed by atoms with Crippen LogP contribution in [0.15, 0.2) is 30.3 Å². The van der Waals surface area contributed by atoms with E-state index in [1.54, 1.807) is 35.0 Å². The van der Waals surface area contributed by atoms with Crippen LogP contribution in [0.25, 0.3) is 6.08 Å². The third-order valence-electron chi connectivity index (χ3n) is 3.72. The third kappa shape index (κ3) is 4.94. The number of primary amides is 1. The molecule has 7 nitrogen and oxygen atoms in total. The Morgan fingerprint density at radius 1 is 1.32 bits per heavy atom. The van der Waals surface area contributed by atoms with Crippen molar-refractivity contribution in [2.24, 2.45) is 12.8 Å². The van der Waals surface area contributed by atoms with E-state index in [0.29, 0.717) is 11.4 Å². The molecule has 0 atom stereocenters. The fourth-order valence-corrected chi connectivity index (χ4v) is 2.32. The lowest BCUT2D eigenvalue weighted by Crippen LogP contribution is -2.15. The summed E-state index contributed by atoms with van der Waals surface area (Å²) in [5.41, 5.74) is 8.38. The number of aromatic nitrogens is 2. The Hall–Kier alpha value is -3.09. The maximum atomic E-state index is 12.2. The van der Waals surface area contributed by atoms with Crippen LogP contribution in [0.1, 0.15) is 23.4 Å². The van der Waals surface area contributed by atoms with E-state index < -0.39 is 5.91 Å². The Balaban J connectivity index is 2.05. The number of amides is 2. The Morgan fingerprint density at radius 2 is 2.04 bits per heavy atom. The van der Waals surface area contributed by atoms with E-state index in [9.17, 15) is 9.59 Å². The Kier molecular flexibility index (Phi) is 5.94. The van der Waals surface area contributed by atoms with Crippen LogP contribution in [0.3, 0.4) is 0 Å². The molecule has 0 radical (unpaired) electrons. The molecule has 2 rings (SSSR count). The highest BCUT2D eigenvalue weighted by molar-refractivity contribution is 6.02. The molecule has 1 heterocycles. The number of benzene rings is 1. The second kappa shape index (κ2) is 8.14. The average Bonchev–Trinajstić information content (AvgIpc) is 2.79. The van der Waals surface area contributed by atoms with Crippen molar-refractivity contribution < 1.29 is 14.3 Å². The van der Waals surface area contributed by atoms with E-state index in [1.165, 1.54) is 6.08 Å². The summed E-state index contributed by atoms with van der Waals surface area (Å²) < 4.78 is 7.27. The van der Waals surface area contributed by atoms with Gasteiger partial charge in [0.2, 0.25) is 11.8 Å². The number of anilines is 1. The van der Waals surface area contributed by atoms with Crippen LogP contribution in [-0.4, -0.2) is 28.2 Å². The van der Waals surface area contributed by atoms with Gasteiger partial charge in [0.05, 0.1) is 24.4 Å². The number of ether oxygens (including phenoxy) is 1. The molecule has 1 aromatic heterocycles. The molecule has 25 heavy (non-hydrogen) atoms. The standard InChI is InChI=1S/C18H22N4O3/c1-12-14(13(2)22(3)21-12)8-9-18(24)20-15-6-4-5-7-16(15)25-11-10-17(19)23/h4-9H,10-11H2,1-3H3,(H2,19,23)(H,20,24)/b9-8+. The maximum Gasteiger partial charge on any atom is 0.248 e. The summed E-state index contributed by atoms with van der Waals surface area (Å²) in [5.74, 6) is -0.237. The number of rotatable bonds is 7. The molecule has 2 amide bonds. The second-order valence-electron chi connectivity index (χ2n) is 5.59. The molecular weight excluding hydrogens is 320 g/mol. The van der Waals surface area contributed by atoms with Crippen LogP contribution in [0.4, 0.5) is 5.69 Å². The molecule has 0 aliphatic carbocycles. The summed E-state index contributed by atoms with van der Waals surface area (Å²) in [6.45, 7) is 4.00. The lowest BCUT2D eigenvalue weighted by atomic mass is 10.2. The number of nitrogens with zero attached hydrogens (tertiary/aromatic N) is 2. The summed E-state index contributed by atoms with van der Waals surface area (Å²) >= 11 is 0. The van der Waals surface area contributed by atoms with Gasteiger partial charge in [0, 0.05) is 24.4 Å². The first kappa shape index (κ1) is 18.3. The number of aryl methyl sites for hydroxylation is 2. The Labute approximate surface area is 146 Å². The zero-order valence-corrected chi connectivity index (χ0v) is 14.6. The van der Waals surface area contributed by atoms with E-state index in [-0.39, 0.29) is 18.9 Å². The largest absolute Gasteiger partial charge is 0.491 e. The summed E-state index contributed by atoms with van der Waals surface area (Å²) in [6, 6.07) is 7.02. The third-order valence-corrected chi connectivity index (χ3v) is 3.72. The molecule has 2 aromatic rings. The molecule has 0 fully saturated rings. The van der Waals surface area contributed by atoms with Crippen molar-refractivity contribution >= 4 is 23.6 Å². The fourth-order valence-electron chi connectivity index (χ4n) is 2.32. The highest BCUT2D eigenvalue weighted by Crippen LogP contribution is 2.24. The zero-order chi connectivity index (χ0) is 18.4. The summed E-state index contributed by atoms with van der Waals surface area (Å²) in [7, 11) is 1.86. The smallest absolute Gasteiger partial charge is 0.248 e. The first-order valence-electron chi connectivity index (χ1n) is 7.88. The van der Waals surface area contributed by atoms with Gasteiger partial charge in [0.25, 0.3) is 0 Å². The highest BCUT2D eigenvalue weighted by atomic mass is 16.5. The first-order chi connectivity index (χ1) is 11.9. The molecule has 1 aromatic carbocycles. The van der Waals surface area contributed by atoms with E-state index in [1.807, 2.05) is 20.9 Å². The van der Waals surface area contributed by atoms with E-state index in [4.69, 9.17) is 10.5 Å². The quantitative estimate of drug-likeness (QED) is 0.751. The number of nitrogens with two attached hydrogens (primary N) is 1. The van der Waals surface area contributed by atoms with Crippen LogP contribution in [0.5, 0.6) is 5.75 Å². The monoisotopic (exact) mass is 342 g/mol. The molecule has 0 aliphatic heterocycles. The topological polar surface area (TPSA) is 99.2 Å². The zero-order valence-electron chi connectivity index (χ0n) is 14.6. The van der Waals surface area contributed by atoms with Gasteiger partial charge in [-0.3, -0.25) is 14.3 Å². The van der Waals surface area contributed by atoms with Gasteiger partial charge in [-0.15, -0.1) is 0 Å². The van der Waals surface area contributed by atoms with Crippen molar-refractivity contribution in [1.82, 2.24) is 9.78 Å². The number of hydrogen-bond acceptors (Lipinski definition) is 4. The molecule has 0 unspecified atom stereocenters. The summed E-state index contributed by atoms with van der Waals surface area (Å²) in [4.78, 5) is 23.0. The van der Waals surface area contributed by atoms with Crippen LogP contribution in [-0.2, 0) is 16.6 Å². The first-order valence-corrected chi connectivity index (χ1v) is 7.88. The minimum Gasteiger partial charge on any atom is -0.491 e. The van der Waals surface area contributed by atoms with Crippen molar-refractivity contribution in [3.8, 4) is 5.75 Å². The summed E-state index contributed by atoms with van der Waals surface area (Å²) in [5, 5.41) is 7.08. The molecule has 7 heteroatoms. The molecule has 0 spiro atoms. The molecule has 0 saturated carbocycles. The van der Waals surface area contributed by atoms with Gasteiger partial charge < -0.3 is 15.8 Å². The lowest BCUT2D eigenvalue weighted by Gasteiger charge is -2.10. The molecule has 3 N–H and O–H groups in total. The van der Waals surface area contributed by atoms with Gasteiger partial charge in [0.1, 0.15) is 5.75 Å². The van der Waals surface area contributed by atoms with Crippen molar-refractivity contribution in [3.63, 3.8) is 0 Å². The van der Waals surface area contributed by atoms with Crippen LogP contribution in [0.2, 0.25) is 0 Å².